The van der Waals surface area contributed by atoms with Crippen LogP contribution in [0.4, 0.5) is 0 Å². The van der Waals surface area contributed by atoms with Gasteiger partial charge in [0, 0.05) is 37.0 Å². The first-order valence-electron chi connectivity index (χ1n) is 17.3. The molecule has 0 bridgehead atoms. The highest BCUT2D eigenvalue weighted by Crippen LogP contribution is 2.49. The molecule has 51 heavy (non-hydrogen) atoms. The molecule has 0 fully saturated rings. The van der Waals surface area contributed by atoms with Crippen LogP contribution < -0.4 is 0 Å². The molecular formula is C48H26O2S. The Hall–Kier alpha value is -6.42. The number of hydrogen-bond acceptors (Lipinski definition) is 3. The molecule has 0 unspecified atom stereocenters. The minimum Gasteiger partial charge on any atom is -0.456 e. The molecule has 3 aromatic heterocycles. The Morgan fingerprint density at radius 1 is 0.333 bits per heavy atom. The summed E-state index contributed by atoms with van der Waals surface area (Å²) in [5.74, 6) is 0. The second-order valence-electron chi connectivity index (χ2n) is 13.5. The van der Waals surface area contributed by atoms with Crippen LogP contribution in [0.1, 0.15) is 0 Å². The van der Waals surface area contributed by atoms with Gasteiger partial charge < -0.3 is 8.83 Å². The maximum atomic E-state index is 6.80. The Morgan fingerprint density at radius 3 is 1.55 bits per heavy atom. The van der Waals surface area contributed by atoms with Crippen LogP contribution in [0.5, 0.6) is 0 Å². The summed E-state index contributed by atoms with van der Waals surface area (Å²) >= 11 is 1.83. The van der Waals surface area contributed by atoms with Gasteiger partial charge in [0.15, 0.2) is 5.58 Å². The van der Waals surface area contributed by atoms with Crippen molar-refractivity contribution in [3.8, 4) is 22.3 Å². The van der Waals surface area contributed by atoms with Gasteiger partial charge in [-0.1, -0.05) is 121 Å². The van der Waals surface area contributed by atoms with Gasteiger partial charge in [-0.2, -0.15) is 0 Å². The van der Waals surface area contributed by atoms with Crippen LogP contribution in [0.15, 0.2) is 167 Å². The molecule has 0 saturated carbocycles. The summed E-state index contributed by atoms with van der Waals surface area (Å²) in [5.41, 5.74) is 8.49. The van der Waals surface area contributed by atoms with Crippen LogP contribution in [0.3, 0.4) is 0 Å². The van der Waals surface area contributed by atoms with E-state index in [0.29, 0.717) is 0 Å². The molecule has 0 amide bonds. The Labute approximate surface area is 295 Å². The van der Waals surface area contributed by atoms with Gasteiger partial charge in [-0.05, 0) is 91.0 Å². The number of furan rings is 2. The van der Waals surface area contributed by atoms with Crippen molar-refractivity contribution in [2.45, 2.75) is 0 Å². The number of thiophene rings is 1. The predicted molar refractivity (Wildman–Crippen MR) is 217 cm³/mol. The van der Waals surface area contributed by atoms with Gasteiger partial charge in [-0.3, -0.25) is 0 Å². The third kappa shape index (κ3) is 3.71. The van der Waals surface area contributed by atoms with E-state index in [0.717, 1.165) is 44.1 Å². The third-order valence-electron chi connectivity index (χ3n) is 10.8. The lowest BCUT2D eigenvalue weighted by Gasteiger charge is -2.17. The monoisotopic (exact) mass is 666 g/mol. The van der Waals surface area contributed by atoms with Crippen molar-refractivity contribution in [1.29, 1.82) is 0 Å². The molecule has 12 aromatic rings. The molecule has 0 N–H and O–H groups in total. The van der Waals surface area contributed by atoms with E-state index < -0.39 is 0 Å². The van der Waals surface area contributed by atoms with Crippen molar-refractivity contribution in [3.05, 3.63) is 158 Å². The lowest BCUT2D eigenvalue weighted by Crippen LogP contribution is -1.90. The molecule has 9 aromatic carbocycles. The summed E-state index contributed by atoms with van der Waals surface area (Å²) in [4.78, 5) is 0. The van der Waals surface area contributed by atoms with E-state index in [1.54, 1.807) is 0 Å². The summed E-state index contributed by atoms with van der Waals surface area (Å²) in [6.07, 6.45) is 0. The molecule has 0 spiro atoms. The Balaban J connectivity index is 1.16. The molecular weight excluding hydrogens is 641 g/mol. The SMILES string of the molecule is c1ccc2c(c1)oc1cc(-c3c4ccccc4c(-c4ccc5oc6c7sc8ccccc8c7c7ccccc7c6c5c4)c4ccccc34)ccc12. The molecule has 236 valence electrons. The van der Waals surface area contributed by atoms with Gasteiger partial charge in [-0.25, -0.2) is 0 Å². The van der Waals surface area contributed by atoms with Gasteiger partial charge in [0.1, 0.15) is 16.7 Å². The molecule has 0 atom stereocenters. The van der Waals surface area contributed by atoms with Gasteiger partial charge in [-0.15, -0.1) is 11.3 Å². The van der Waals surface area contributed by atoms with Crippen LogP contribution in [-0.4, -0.2) is 0 Å². The van der Waals surface area contributed by atoms with Crippen molar-refractivity contribution in [3.63, 3.8) is 0 Å². The molecule has 0 radical (unpaired) electrons. The smallest absolute Gasteiger partial charge is 0.153 e. The molecule has 2 nitrogen and oxygen atoms in total. The molecule has 0 aliphatic rings. The van der Waals surface area contributed by atoms with Gasteiger partial charge in [0.2, 0.25) is 0 Å². The van der Waals surface area contributed by atoms with E-state index in [1.807, 2.05) is 23.5 Å². The fourth-order valence-electron chi connectivity index (χ4n) is 8.70. The highest BCUT2D eigenvalue weighted by atomic mass is 32.1. The minimum absolute atomic E-state index is 0.906. The minimum atomic E-state index is 0.906. The van der Waals surface area contributed by atoms with Crippen LogP contribution in [0, 0.1) is 0 Å². The topological polar surface area (TPSA) is 26.3 Å². The highest BCUT2D eigenvalue weighted by molar-refractivity contribution is 7.26. The molecule has 3 heterocycles. The van der Waals surface area contributed by atoms with E-state index in [-0.39, 0.29) is 0 Å². The fraction of sp³-hybridized carbons (Fsp3) is 0. The zero-order valence-corrected chi connectivity index (χ0v) is 28.1. The molecule has 0 saturated heterocycles. The van der Waals surface area contributed by atoms with Crippen molar-refractivity contribution < 1.29 is 8.83 Å². The van der Waals surface area contributed by atoms with Crippen molar-refractivity contribution >= 4 is 108 Å². The Morgan fingerprint density at radius 2 is 0.843 bits per heavy atom. The lowest BCUT2D eigenvalue weighted by molar-refractivity contribution is 0.669. The first-order valence-corrected chi connectivity index (χ1v) is 18.2. The first-order chi connectivity index (χ1) is 25.3. The summed E-state index contributed by atoms with van der Waals surface area (Å²) in [7, 11) is 0. The average molecular weight is 667 g/mol. The normalized spacial score (nSPS) is 12.3. The Kier molecular flexibility index (Phi) is 5.41. The zero-order valence-electron chi connectivity index (χ0n) is 27.2. The van der Waals surface area contributed by atoms with Gasteiger partial charge in [0.25, 0.3) is 0 Å². The zero-order chi connectivity index (χ0) is 33.2. The fourth-order valence-corrected chi connectivity index (χ4v) is 9.91. The summed E-state index contributed by atoms with van der Waals surface area (Å²) in [5, 5.41) is 14.6. The summed E-state index contributed by atoms with van der Waals surface area (Å²) in [6.45, 7) is 0. The quantitative estimate of drug-likeness (QED) is 0.172. The largest absolute Gasteiger partial charge is 0.456 e. The summed E-state index contributed by atoms with van der Waals surface area (Å²) in [6, 6.07) is 57.0. The Bertz CT molecular complexity index is 3370. The number of fused-ring (bicyclic) bond motifs is 15. The van der Waals surface area contributed by atoms with E-state index >= 15 is 0 Å². The van der Waals surface area contributed by atoms with Gasteiger partial charge in [0.05, 0.1) is 4.70 Å². The molecule has 0 aliphatic carbocycles. The van der Waals surface area contributed by atoms with E-state index in [2.05, 4.69) is 146 Å². The lowest BCUT2D eigenvalue weighted by atomic mass is 9.85. The van der Waals surface area contributed by atoms with Crippen molar-refractivity contribution in [1.82, 2.24) is 0 Å². The van der Waals surface area contributed by atoms with E-state index in [1.165, 1.54) is 74.6 Å². The van der Waals surface area contributed by atoms with E-state index in [9.17, 15) is 0 Å². The second-order valence-corrected chi connectivity index (χ2v) is 14.6. The number of para-hydroxylation sites is 1. The van der Waals surface area contributed by atoms with Crippen molar-refractivity contribution in [2.75, 3.05) is 0 Å². The summed E-state index contributed by atoms with van der Waals surface area (Å²) < 4.78 is 15.7. The highest BCUT2D eigenvalue weighted by Gasteiger charge is 2.22. The maximum absolute atomic E-state index is 6.80. The third-order valence-corrected chi connectivity index (χ3v) is 12.0. The molecule has 12 rings (SSSR count). The average Bonchev–Trinajstić information content (AvgIpc) is 3.88. The first kappa shape index (κ1) is 27.4. The number of benzene rings is 9. The van der Waals surface area contributed by atoms with Crippen LogP contribution in [0.25, 0.3) is 119 Å². The van der Waals surface area contributed by atoms with Crippen molar-refractivity contribution in [2.24, 2.45) is 0 Å². The standard InChI is InChI=1S/C48H26O2S/c1-3-14-33-31(12-1)43(32-13-2-4-15-34(32)44(33)28-21-23-30-29-11-7-9-19-39(29)49-41(30)26-28)27-22-24-40-38(25-27)45-35-16-5-6-17-36(35)46-37-18-8-10-20-42(37)51-48(46)47(45)50-40/h1-26H. The second kappa shape index (κ2) is 10.1. The number of hydrogen-bond donors (Lipinski definition) is 0. The number of rotatable bonds is 2. The van der Waals surface area contributed by atoms with Gasteiger partial charge >= 0.3 is 0 Å². The van der Waals surface area contributed by atoms with Crippen LogP contribution in [0.2, 0.25) is 0 Å². The molecule has 3 heteroatoms. The van der Waals surface area contributed by atoms with E-state index in [4.69, 9.17) is 8.83 Å². The van der Waals surface area contributed by atoms with Crippen LogP contribution >= 0.6 is 11.3 Å². The molecule has 0 aliphatic heterocycles. The maximum Gasteiger partial charge on any atom is 0.153 e. The predicted octanol–water partition coefficient (Wildman–Crippen LogP) is 14.6. The van der Waals surface area contributed by atoms with Crippen LogP contribution in [-0.2, 0) is 0 Å².